The fraction of sp³-hybridized carbons (Fsp3) is 1.00. The van der Waals surface area contributed by atoms with Crippen molar-refractivity contribution in [2.75, 3.05) is 5.88 Å². The first-order valence-corrected chi connectivity index (χ1v) is 4.72. The molecule has 0 amide bonds. The van der Waals surface area contributed by atoms with E-state index in [0.29, 0.717) is 0 Å². The van der Waals surface area contributed by atoms with E-state index in [1.807, 2.05) is 15.9 Å². The Morgan fingerprint density at radius 2 is 1.80 bits per heavy atom. The lowest BCUT2D eigenvalue weighted by atomic mass is 10.3. The Morgan fingerprint density at radius 1 is 1.40 bits per heavy atom. The fourth-order valence-corrected chi connectivity index (χ4v) is 1.31. The topological polar surface area (TPSA) is 0 Å². The molecule has 1 atom stereocenters. The van der Waals surface area contributed by atoms with Crippen LogP contribution in [0.3, 0.4) is 0 Å². The molecule has 0 aromatic heterocycles. The Bertz CT molecular complexity index is 114. The van der Waals surface area contributed by atoms with Crippen molar-refractivity contribution in [3.63, 3.8) is 0 Å². The van der Waals surface area contributed by atoms with Gasteiger partial charge < -0.3 is 0 Å². The van der Waals surface area contributed by atoms with E-state index in [4.69, 9.17) is 11.6 Å². The molecule has 0 radical (unpaired) electrons. The molecular formula is C4H4BrClF3I. The second-order valence-corrected chi connectivity index (χ2v) is 4.72. The molecule has 1 unspecified atom stereocenters. The van der Waals surface area contributed by atoms with Crippen LogP contribution in [0.15, 0.2) is 0 Å². The van der Waals surface area contributed by atoms with Gasteiger partial charge in [0, 0.05) is 12.3 Å². The van der Waals surface area contributed by atoms with E-state index in [9.17, 15) is 13.2 Å². The van der Waals surface area contributed by atoms with Crippen LogP contribution in [0.25, 0.3) is 0 Å². The Labute approximate surface area is 83.8 Å². The summed E-state index contributed by atoms with van der Waals surface area (Å²) in [4.78, 5) is -3.50. The first-order valence-electron chi connectivity index (χ1n) is 2.32. The van der Waals surface area contributed by atoms with Crippen LogP contribution in [-0.4, -0.2) is 14.4 Å². The van der Waals surface area contributed by atoms with Gasteiger partial charge in [0.15, 0.2) is 0 Å². The van der Waals surface area contributed by atoms with E-state index in [0.717, 1.165) is 22.6 Å². The van der Waals surface area contributed by atoms with Gasteiger partial charge >= 0.3 is 4.83 Å². The Balaban J connectivity index is 4.10. The maximum Gasteiger partial charge on any atom is 0.343 e. The van der Waals surface area contributed by atoms with Crippen LogP contribution in [0, 0.1) is 0 Å². The average molecular weight is 351 g/mol. The molecule has 0 nitrogen and oxygen atoms in total. The zero-order valence-corrected chi connectivity index (χ0v) is 9.18. The van der Waals surface area contributed by atoms with Gasteiger partial charge in [-0.15, -0.1) is 11.6 Å². The summed E-state index contributed by atoms with van der Waals surface area (Å²) in [5.74, 6) is -0.124. The zero-order valence-electron chi connectivity index (χ0n) is 4.68. The highest BCUT2D eigenvalue weighted by Gasteiger charge is 2.50. The molecule has 0 heterocycles. The summed E-state index contributed by atoms with van der Waals surface area (Å²) >= 11 is 8.05. The van der Waals surface area contributed by atoms with Gasteiger partial charge in [-0.2, -0.15) is 8.78 Å². The molecule has 6 heteroatoms. The summed E-state index contributed by atoms with van der Waals surface area (Å²) in [7, 11) is 0. The van der Waals surface area contributed by atoms with Crippen molar-refractivity contribution in [2.24, 2.45) is 0 Å². The number of rotatable bonds is 3. The predicted molar refractivity (Wildman–Crippen MR) is 47.1 cm³/mol. The normalized spacial score (nSPS) is 18.6. The molecule has 0 spiro atoms. The minimum Gasteiger partial charge on any atom is -0.225 e. The van der Waals surface area contributed by atoms with E-state index in [2.05, 4.69) is 0 Å². The molecule has 0 aromatic rings. The molecule has 0 aliphatic heterocycles. The van der Waals surface area contributed by atoms with Crippen LogP contribution < -0.4 is 0 Å². The van der Waals surface area contributed by atoms with Crippen molar-refractivity contribution in [1.29, 1.82) is 0 Å². The second-order valence-electron chi connectivity index (χ2n) is 1.64. The van der Waals surface area contributed by atoms with Gasteiger partial charge in [-0.25, -0.2) is 4.39 Å². The molecule has 0 saturated heterocycles. The third-order valence-corrected chi connectivity index (χ3v) is 3.60. The molecule has 0 fully saturated rings. The summed E-state index contributed by atoms with van der Waals surface area (Å²) in [5, 5.41) is 0. The molecule has 0 aliphatic rings. The van der Waals surface area contributed by atoms with Crippen LogP contribution in [0.1, 0.15) is 6.42 Å². The average Bonchev–Trinajstić information content (AvgIpc) is 1.61. The van der Waals surface area contributed by atoms with E-state index in [-0.39, 0.29) is 12.3 Å². The summed E-state index contributed by atoms with van der Waals surface area (Å²) in [6.07, 6.45) is -0.382. The van der Waals surface area contributed by atoms with Crippen molar-refractivity contribution >= 4 is 50.1 Å². The Hall–Kier alpha value is 1.29. The molecule has 10 heavy (non-hydrogen) atoms. The Kier molecular flexibility index (Phi) is 4.29. The fourth-order valence-electron chi connectivity index (χ4n) is 0.260. The number of alkyl halides is 6. The van der Waals surface area contributed by atoms with Gasteiger partial charge in [-0.3, -0.25) is 0 Å². The largest absolute Gasteiger partial charge is 0.343 e. The quantitative estimate of drug-likeness (QED) is 0.537. The molecule has 0 bridgehead atoms. The molecule has 0 saturated carbocycles. The van der Waals surface area contributed by atoms with Crippen LogP contribution >= 0.6 is 50.1 Å². The van der Waals surface area contributed by atoms with E-state index < -0.39 is 8.51 Å². The highest BCUT2D eigenvalue weighted by molar-refractivity contribution is 14.1. The van der Waals surface area contributed by atoms with E-state index >= 15 is 0 Å². The predicted octanol–water partition coefficient (Wildman–Crippen LogP) is 3.70. The van der Waals surface area contributed by atoms with Crippen molar-refractivity contribution < 1.29 is 13.2 Å². The number of hydrogen-bond donors (Lipinski definition) is 0. The standard InChI is InChI=1S/C4H4BrClF3I/c5-4(8,9)3(7,10)1-2-6/h1-2H2. The maximum absolute atomic E-state index is 12.7. The zero-order chi connectivity index (χ0) is 8.41. The molecule has 0 aliphatic carbocycles. The van der Waals surface area contributed by atoms with Crippen molar-refractivity contribution in [2.45, 2.75) is 14.9 Å². The van der Waals surface area contributed by atoms with Crippen molar-refractivity contribution in [1.82, 2.24) is 0 Å². The van der Waals surface area contributed by atoms with Crippen molar-refractivity contribution in [3.05, 3.63) is 0 Å². The van der Waals surface area contributed by atoms with Crippen LogP contribution in [0.2, 0.25) is 0 Å². The third-order valence-electron chi connectivity index (χ3n) is 0.823. The SMILES string of the molecule is FC(F)(Br)C(F)(I)CCCl. The Morgan fingerprint density at radius 3 is 1.90 bits per heavy atom. The lowest BCUT2D eigenvalue weighted by Gasteiger charge is -2.22. The summed E-state index contributed by atoms with van der Waals surface area (Å²) in [6.45, 7) is 0. The summed E-state index contributed by atoms with van der Waals surface area (Å²) < 4.78 is 34.4. The second kappa shape index (κ2) is 3.80. The molecular weight excluding hydrogens is 347 g/mol. The molecule has 0 rings (SSSR count). The van der Waals surface area contributed by atoms with Crippen molar-refractivity contribution in [3.8, 4) is 0 Å². The van der Waals surface area contributed by atoms with E-state index in [1.165, 1.54) is 0 Å². The highest BCUT2D eigenvalue weighted by Crippen LogP contribution is 2.45. The molecule has 0 aromatic carbocycles. The van der Waals surface area contributed by atoms with Crippen LogP contribution in [0.4, 0.5) is 13.2 Å². The highest BCUT2D eigenvalue weighted by atomic mass is 127. The number of halogens is 6. The van der Waals surface area contributed by atoms with Gasteiger partial charge in [-0.1, -0.05) is 0 Å². The van der Waals surface area contributed by atoms with Crippen LogP contribution in [0.5, 0.6) is 0 Å². The molecule has 0 N–H and O–H groups in total. The third kappa shape index (κ3) is 3.13. The van der Waals surface area contributed by atoms with E-state index in [1.54, 1.807) is 0 Å². The lowest BCUT2D eigenvalue weighted by Crippen LogP contribution is -2.33. The molecule has 62 valence electrons. The van der Waals surface area contributed by atoms with Gasteiger partial charge in [0.25, 0.3) is 0 Å². The lowest BCUT2D eigenvalue weighted by molar-refractivity contribution is 0.00997. The van der Waals surface area contributed by atoms with Gasteiger partial charge in [-0.05, 0) is 38.5 Å². The summed E-state index contributed by atoms with van der Waals surface area (Å²) in [5.41, 5.74) is 0. The monoisotopic (exact) mass is 350 g/mol. The first-order chi connectivity index (χ1) is 4.31. The minimum atomic E-state index is -3.50. The maximum atomic E-state index is 12.7. The minimum absolute atomic E-state index is 0.124. The van der Waals surface area contributed by atoms with Crippen LogP contribution in [-0.2, 0) is 0 Å². The van der Waals surface area contributed by atoms with Gasteiger partial charge in [0.1, 0.15) is 0 Å². The number of hydrogen-bond acceptors (Lipinski definition) is 0. The summed E-state index contributed by atoms with van der Waals surface area (Å²) in [6, 6.07) is 0. The van der Waals surface area contributed by atoms with Gasteiger partial charge in [0.05, 0.1) is 0 Å². The van der Waals surface area contributed by atoms with Gasteiger partial charge in [0.2, 0.25) is 3.68 Å². The first kappa shape index (κ1) is 11.3. The smallest absolute Gasteiger partial charge is 0.225 e.